The van der Waals surface area contributed by atoms with E-state index >= 15 is 0 Å². The second kappa shape index (κ2) is 12.4. The Hall–Kier alpha value is -0.0400. The fourth-order valence-corrected chi connectivity index (χ4v) is 2.55. The Morgan fingerprint density at radius 1 is 0.824 bits per heavy atom. The number of rotatable bonds is 12. The fourth-order valence-electron chi connectivity index (χ4n) is 2.55. The molecular weight excluding hydrogens is 206 g/mol. The minimum absolute atomic E-state index is 0.923. The normalized spacial score (nSPS) is 13.2. The lowest BCUT2D eigenvalue weighted by atomic mass is 9.97. The van der Waals surface area contributed by atoms with Crippen LogP contribution in [0.4, 0.5) is 0 Å². The van der Waals surface area contributed by atoms with E-state index in [2.05, 4.69) is 33.0 Å². The first-order chi connectivity index (χ1) is 8.24. The van der Waals surface area contributed by atoms with Crippen molar-refractivity contribution in [3.8, 4) is 0 Å². The second-order valence-corrected chi connectivity index (χ2v) is 5.61. The molecule has 0 saturated heterocycles. The maximum atomic E-state index is 3.59. The summed E-state index contributed by atoms with van der Waals surface area (Å²) in [7, 11) is 0. The summed E-state index contributed by atoms with van der Waals surface area (Å²) < 4.78 is 0. The van der Waals surface area contributed by atoms with E-state index in [1.54, 1.807) is 0 Å². The standard InChI is InChI=1S/C16H35N/c1-5-10-15(4)11-8-13-17-14-9-12-16(6-2)7-3/h15-17H,5-14H2,1-4H3. The Balaban J connectivity index is 3.18. The summed E-state index contributed by atoms with van der Waals surface area (Å²) >= 11 is 0. The van der Waals surface area contributed by atoms with E-state index in [0.717, 1.165) is 11.8 Å². The SMILES string of the molecule is CCCC(C)CCCNCCCC(CC)CC. The molecule has 0 aliphatic carbocycles. The fraction of sp³-hybridized carbons (Fsp3) is 1.00. The van der Waals surface area contributed by atoms with E-state index in [4.69, 9.17) is 0 Å². The first-order valence-corrected chi connectivity index (χ1v) is 7.95. The highest BCUT2D eigenvalue weighted by atomic mass is 14.8. The first-order valence-electron chi connectivity index (χ1n) is 7.95. The molecule has 1 N–H and O–H groups in total. The molecule has 0 fully saturated rings. The monoisotopic (exact) mass is 241 g/mol. The lowest BCUT2D eigenvalue weighted by Gasteiger charge is -2.13. The Kier molecular flexibility index (Phi) is 12.4. The smallest absolute Gasteiger partial charge is 0.00488 e. The van der Waals surface area contributed by atoms with Gasteiger partial charge in [-0.25, -0.2) is 0 Å². The minimum Gasteiger partial charge on any atom is -0.317 e. The van der Waals surface area contributed by atoms with Crippen LogP contribution in [0, 0.1) is 11.8 Å². The largest absolute Gasteiger partial charge is 0.317 e. The van der Waals surface area contributed by atoms with E-state index in [-0.39, 0.29) is 0 Å². The van der Waals surface area contributed by atoms with Crippen LogP contribution >= 0.6 is 0 Å². The summed E-state index contributed by atoms with van der Waals surface area (Å²) in [5, 5.41) is 3.59. The van der Waals surface area contributed by atoms with Gasteiger partial charge >= 0.3 is 0 Å². The summed E-state index contributed by atoms with van der Waals surface area (Å²) in [5.41, 5.74) is 0. The van der Waals surface area contributed by atoms with Crippen LogP contribution in [0.2, 0.25) is 0 Å². The van der Waals surface area contributed by atoms with Crippen molar-refractivity contribution < 1.29 is 0 Å². The quantitative estimate of drug-likeness (QED) is 0.474. The number of hydrogen-bond donors (Lipinski definition) is 1. The molecular formula is C16H35N. The maximum Gasteiger partial charge on any atom is -0.00488 e. The van der Waals surface area contributed by atoms with Crippen molar-refractivity contribution in [2.24, 2.45) is 11.8 Å². The minimum atomic E-state index is 0.923. The van der Waals surface area contributed by atoms with Gasteiger partial charge in [0.2, 0.25) is 0 Å². The molecule has 1 atom stereocenters. The molecule has 1 heteroatoms. The van der Waals surface area contributed by atoms with Gasteiger partial charge in [-0.15, -0.1) is 0 Å². The van der Waals surface area contributed by atoms with Gasteiger partial charge in [0.1, 0.15) is 0 Å². The number of nitrogens with one attached hydrogen (secondary N) is 1. The molecule has 1 unspecified atom stereocenters. The highest BCUT2D eigenvalue weighted by Crippen LogP contribution is 2.14. The van der Waals surface area contributed by atoms with E-state index in [1.165, 1.54) is 64.5 Å². The van der Waals surface area contributed by atoms with Crippen molar-refractivity contribution in [1.82, 2.24) is 5.32 Å². The third kappa shape index (κ3) is 10.8. The summed E-state index contributed by atoms with van der Waals surface area (Å²) in [5.74, 6) is 1.88. The molecule has 0 heterocycles. The highest BCUT2D eigenvalue weighted by molar-refractivity contribution is 4.58. The van der Waals surface area contributed by atoms with Crippen molar-refractivity contribution in [2.45, 2.75) is 79.1 Å². The molecule has 0 aromatic heterocycles. The summed E-state index contributed by atoms with van der Waals surface area (Å²) in [6, 6.07) is 0. The van der Waals surface area contributed by atoms with Crippen molar-refractivity contribution in [3.63, 3.8) is 0 Å². The predicted molar refractivity (Wildman–Crippen MR) is 79.5 cm³/mol. The van der Waals surface area contributed by atoms with E-state index < -0.39 is 0 Å². The van der Waals surface area contributed by atoms with Crippen LogP contribution in [-0.4, -0.2) is 13.1 Å². The van der Waals surface area contributed by atoms with E-state index in [0.29, 0.717) is 0 Å². The Morgan fingerprint density at radius 2 is 1.41 bits per heavy atom. The Labute approximate surface area is 110 Å². The zero-order valence-electron chi connectivity index (χ0n) is 12.7. The van der Waals surface area contributed by atoms with Crippen LogP contribution in [0.1, 0.15) is 79.1 Å². The van der Waals surface area contributed by atoms with Gasteiger partial charge in [-0.1, -0.05) is 53.4 Å². The van der Waals surface area contributed by atoms with Crippen LogP contribution < -0.4 is 5.32 Å². The molecule has 0 amide bonds. The molecule has 0 aromatic rings. The first kappa shape index (κ1) is 17.0. The van der Waals surface area contributed by atoms with Gasteiger partial charge < -0.3 is 5.32 Å². The zero-order valence-corrected chi connectivity index (χ0v) is 12.7. The predicted octanol–water partition coefficient (Wildman–Crippen LogP) is 5.01. The molecule has 17 heavy (non-hydrogen) atoms. The molecule has 0 aliphatic heterocycles. The lowest BCUT2D eigenvalue weighted by molar-refractivity contribution is 0.424. The van der Waals surface area contributed by atoms with Crippen LogP contribution in [-0.2, 0) is 0 Å². The Morgan fingerprint density at radius 3 is 1.94 bits per heavy atom. The van der Waals surface area contributed by atoms with Gasteiger partial charge in [-0.3, -0.25) is 0 Å². The van der Waals surface area contributed by atoms with Crippen LogP contribution in [0.15, 0.2) is 0 Å². The van der Waals surface area contributed by atoms with Crippen LogP contribution in [0.5, 0.6) is 0 Å². The van der Waals surface area contributed by atoms with Crippen molar-refractivity contribution in [3.05, 3.63) is 0 Å². The van der Waals surface area contributed by atoms with Crippen molar-refractivity contribution in [1.29, 1.82) is 0 Å². The summed E-state index contributed by atoms with van der Waals surface area (Å²) in [4.78, 5) is 0. The van der Waals surface area contributed by atoms with Gasteiger partial charge in [0.25, 0.3) is 0 Å². The molecule has 0 rings (SSSR count). The summed E-state index contributed by atoms with van der Waals surface area (Å²) in [6.07, 6.45) is 11.0. The third-order valence-corrected chi connectivity index (χ3v) is 3.95. The molecule has 0 spiro atoms. The van der Waals surface area contributed by atoms with Crippen molar-refractivity contribution >= 4 is 0 Å². The highest BCUT2D eigenvalue weighted by Gasteiger charge is 2.02. The van der Waals surface area contributed by atoms with Crippen LogP contribution in [0.3, 0.4) is 0 Å². The molecule has 104 valence electrons. The van der Waals surface area contributed by atoms with E-state index in [1.807, 2.05) is 0 Å². The third-order valence-electron chi connectivity index (χ3n) is 3.95. The van der Waals surface area contributed by atoms with Gasteiger partial charge in [-0.05, 0) is 50.6 Å². The topological polar surface area (TPSA) is 12.0 Å². The summed E-state index contributed by atoms with van der Waals surface area (Å²) in [6.45, 7) is 11.7. The Bertz CT molecular complexity index is 140. The van der Waals surface area contributed by atoms with E-state index in [9.17, 15) is 0 Å². The average molecular weight is 241 g/mol. The molecule has 0 aliphatic rings. The second-order valence-electron chi connectivity index (χ2n) is 5.61. The van der Waals surface area contributed by atoms with Crippen molar-refractivity contribution in [2.75, 3.05) is 13.1 Å². The van der Waals surface area contributed by atoms with Crippen LogP contribution in [0.25, 0.3) is 0 Å². The van der Waals surface area contributed by atoms with Gasteiger partial charge in [-0.2, -0.15) is 0 Å². The zero-order chi connectivity index (χ0) is 12.9. The molecule has 0 saturated carbocycles. The average Bonchev–Trinajstić information content (AvgIpc) is 2.33. The molecule has 0 bridgehead atoms. The molecule has 1 nitrogen and oxygen atoms in total. The maximum absolute atomic E-state index is 3.59. The molecule has 0 aromatic carbocycles. The molecule has 0 radical (unpaired) electrons. The lowest BCUT2D eigenvalue weighted by Crippen LogP contribution is -2.18. The van der Waals surface area contributed by atoms with Gasteiger partial charge in [0, 0.05) is 0 Å². The van der Waals surface area contributed by atoms with Gasteiger partial charge in [0.05, 0.1) is 0 Å². The number of hydrogen-bond acceptors (Lipinski definition) is 1. The van der Waals surface area contributed by atoms with Gasteiger partial charge in [0.15, 0.2) is 0 Å².